The SMILES string of the molecule is O=C(Cc1ccc(Br)cc1)NNC(=O)Cc1nc2ccccc2[nH]1. The molecule has 0 saturated heterocycles. The lowest BCUT2D eigenvalue weighted by atomic mass is 10.1. The Balaban J connectivity index is 1.49. The summed E-state index contributed by atoms with van der Waals surface area (Å²) in [6.07, 6.45) is 0.255. The van der Waals surface area contributed by atoms with Crippen LogP contribution in [0.25, 0.3) is 11.0 Å². The van der Waals surface area contributed by atoms with Crippen LogP contribution in [0.3, 0.4) is 0 Å². The minimum atomic E-state index is -0.335. The molecule has 0 aliphatic heterocycles. The maximum absolute atomic E-state index is 11.9. The molecule has 3 N–H and O–H groups in total. The van der Waals surface area contributed by atoms with Gasteiger partial charge in [0.25, 0.3) is 0 Å². The van der Waals surface area contributed by atoms with Crippen molar-refractivity contribution >= 4 is 38.8 Å². The summed E-state index contributed by atoms with van der Waals surface area (Å²) in [6, 6.07) is 15.0. The number of carbonyl (C=O) groups excluding carboxylic acids is 2. The lowest BCUT2D eigenvalue weighted by Crippen LogP contribution is -2.43. The number of hydrogen-bond donors (Lipinski definition) is 3. The molecule has 2 aromatic carbocycles. The summed E-state index contributed by atoms with van der Waals surface area (Å²) in [5.74, 6) is -0.0654. The van der Waals surface area contributed by atoms with Gasteiger partial charge in [-0.3, -0.25) is 20.4 Å². The molecule has 0 fully saturated rings. The molecule has 0 atom stereocenters. The van der Waals surface area contributed by atoms with Crippen LogP contribution in [0.2, 0.25) is 0 Å². The van der Waals surface area contributed by atoms with Crippen LogP contribution in [-0.4, -0.2) is 21.8 Å². The number of H-pyrrole nitrogens is 1. The van der Waals surface area contributed by atoms with E-state index >= 15 is 0 Å². The van der Waals surface area contributed by atoms with E-state index in [4.69, 9.17) is 0 Å². The second-order valence-corrected chi connectivity index (χ2v) is 6.19. The predicted molar refractivity (Wildman–Crippen MR) is 93.9 cm³/mol. The second kappa shape index (κ2) is 7.27. The molecule has 6 nitrogen and oxygen atoms in total. The number of para-hydroxylation sites is 2. The number of benzene rings is 2. The van der Waals surface area contributed by atoms with Crippen LogP contribution in [0.4, 0.5) is 0 Å². The molecule has 0 spiro atoms. The van der Waals surface area contributed by atoms with Crippen molar-refractivity contribution in [2.45, 2.75) is 12.8 Å². The fourth-order valence-corrected chi connectivity index (χ4v) is 2.52. The molecule has 122 valence electrons. The average molecular weight is 387 g/mol. The van der Waals surface area contributed by atoms with Crippen LogP contribution < -0.4 is 10.9 Å². The minimum absolute atomic E-state index is 0.0627. The summed E-state index contributed by atoms with van der Waals surface area (Å²) in [6.45, 7) is 0. The quantitative estimate of drug-likeness (QED) is 0.601. The number of amides is 2. The zero-order chi connectivity index (χ0) is 16.9. The lowest BCUT2D eigenvalue weighted by molar-refractivity contribution is -0.128. The van der Waals surface area contributed by atoms with Crippen LogP contribution in [0.1, 0.15) is 11.4 Å². The van der Waals surface area contributed by atoms with Crippen LogP contribution in [0.5, 0.6) is 0 Å². The van der Waals surface area contributed by atoms with Gasteiger partial charge in [0.2, 0.25) is 11.8 Å². The van der Waals surface area contributed by atoms with Gasteiger partial charge in [0.05, 0.1) is 23.9 Å². The van der Waals surface area contributed by atoms with E-state index in [-0.39, 0.29) is 24.7 Å². The van der Waals surface area contributed by atoms with Gasteiger partial charge < -0.3 is 4.98 Å². The van der Waals surface area contributed by atoms with Gasteiger partial charge in [-0.25, -0.2) is 4.98 Å². The molecule has 24 heavy (non-hydrogen) atoms. The second-order valence-electron chi connectivity index (χ2n) is 5.28. The molecule has 0 bridgehead atoms. The highest BCUT2D eigenvalue weighted by molar-refractivity contribution is 9.10. The third-order valence-corrected chi connectivity index (χ3v) is 3.91. The highest BCUT2D eigenvalue weighted by atomic mass is 79.9. The van der Waals surface area contributed by atoms with Crippen molar-refractivity contribution in [2.24, 2.45) is 0 Å². The van der Waals surface area contributed by atoms with Crippen molar-refractivity contribution < 1.29 is 9.59 Å². The summed E-state index contributed by atoms with van der Waals surface area (Å²) in [5.41, 5.74) is 7.35. The van der Waals surface area contributed by atoms with Crippen LogP contribution in [0, 0.1) is 0 Å². The van der Waals surface area contributed by atoms with Gasteiger partial charge in [0.15, 0.2) is 0 Å². The van der Waals surface area contributed by atoms with E-state index in [0.29, 0.717) is 5.82 Å². The average Bonchev–Trinajstić information content (AvgIpc) is 2.97. The Hall–Kier alpha value is -2.67. The zero-order valence-electron chi connectivity index (χ0n) is 12.7. The standard InChI is InChI=1S/C17H15BrN4O2/c18-12-7-5-11(6-8-12)9-16(23)21-22-17(24)10-15-19-13-3-1-2-4-14(13)20-15/h1-8H,9-10H2,(H,19,20)(H,21,23)(H,22,24). The number of aromatic nitrogens is 2. The first-order valence-corrected chi connectivity index (χ1v) is 8.15. The third-order valence-electron chi connectivity index (χ3n) is 3.39. The number of fused-ring (bicyclic) bond motifs is 1. The van der Waals surface area contributed by atoms with Crippen molar-refractivity contribution in [1.82, 2.24) is 20.8 Å². The van der Waals surface area contributed by atoms with E-state index in [0.717, 1.165) is 21.1 Å². The third kappa shape index (κ3) is 4.20. The van der Waals surface area contributed by atoms with E-state index in [9.17, 15) is 9.59 Å². The van der Waals surface area contributed by atoms with E-state index < -0.39 is 0 Å². The monoisotopic (exact) mass is 386 g/mol. The van der Waals surface area contributed by atoms with Gasteiger partial charge in [0, 0.05) is 4.47 Å². The minimum Gasteiger partial charge on any atom is -0.342 e. The van der Waals surface area contributed by atoms with Crippen LogP contribution in [0.15, 0.2) is 53.0 Å². The Labute approximate surface area is 146 Å². The van der Waals surface area contributed by atoms with Gasteiger partial charge >= 0.3 is 0 Å². The molecule has 0 aliphatic rings. The van der Waals surface area contributed by atoms with Crippen molar-refractivity contribution in [1.29, 1.82) is 0 Å². The first kappa shape index (κ1) is 16.2. The molecule has 2 amide bonds. The molecular weight excluding hydrogens is 372 g/mol. The Morgan fingerprint density at radius 3 is 2.33 bits per heavy atom. The Morgan fingerprint density at radius 2 is 1.62 bits per heavy atom. The summed E-state index contributed by atoms with van der Waals surface area (Å²) in [5, 5.41) is 0. The highest BCUT2D eigenvalue weighted by Gasteiger charge is 2.09. The van der Waals surface area contributed by atoms with Crippen molar-refractivity contribution in [3.05, 3.63) is 64.4 Å². The topological polar surface area (TPSA) is 86.9 Å². The fourth-order valence-electron chi connectivity index (χ4n) is 2.26. The molecule has 7 heteroatoms. The zero-order valence-corrected chi connectivity index (χ0v) is 14.3. The number of aromatic amines is 1. The molecule has 3 rings (SSSR count). The molecule has 0 unspecified atom stereocenters. The molecule has 0 saturated carbocycles. The maximum Gasteiger partial charge on any atom is 0.245 e. The molecular formula is C17H15BrN4O2. The van der Waals surface area contributed by atoms with E-state index in [1.165, 1.54) is 0 Å². The normalized spacial score (nSPS) is 10.5. The first-order valence-electron chi connectivity index (χ1n) is 7.36. The Bertz CT molecular complexity index is 841. The lowest BCUT2D eigenvalue weighted by Gasteiger charge is -2.06. The van der Waals surface area contributed by atoms with Gasteiger partial charge in [-0.1, -0.05) is 40.2 Å². The number of halogens is 1. The number of rotatable bonds is 4. The van der Waals surface area contributed by atoms with E-state index in [2.05, 4.69) is 36.7 Å². The molecule has 0 radical (unpaired) electrons. The first-order chi connectivity index (χ1) is 11.6. The molecule has 0 aliphatic carbocycles. The summed E-state index contributed by atoms with van der Waals surface area (Å²) in [7, 11) is 0. The summed E-state index contributed by atoms with van der Waals surface area (Å²) >= 11 is 3.34. The maximum atomic E-state index is 11.9. The molecule has 3 aromatic rings. The van der Waals surface area contributed by atoms with Crippen LogP contribution in [-0.2, 0) is 22.4 Å². The summed E-state index contributed by atoms with van der Waals surface area (Å²) < 4.78 is 0.950. The van der Waals surface area contributed by atoms with E-state index in [1.807, 2.05) is 48.5 Å². The number of nitrogens with zero attached hydrogens (tertiary/aromatic N) is 1. The highest BCUT2D eigenvalue weighted by Crippen LogP contribution is 2.11. The largest absolute Gasteiger partial charge is 0.342 e. The number of hydrogen-bond acceptors (Lipinski definition) is 3. The Kier molecular flexibility index (Phi) is 4.90. The smallest absolute Gasteiger partial charge is 0.245 e. The van der Waals surface area contributed by atoms with Crippen molar-refractivity contribution in [3.63, 3.8) is 0 Å². The molecule has 1 heterocycles. The number of nitrogens with one attached hydrogen (secondary N) is 3. The number of carbonyl (C=O) groups is 2. The van der Waals surface area contributed by atoms with Gasteiger partial charge in [-0.05, 0) is 29.8 Å². The van der Waals surface area contributed by atoms with Gasteiger partial charge in [0.1, 0.15) is 5.82 Å². The van der Waals surface area contributed by atoms with Gasteiger partial charge in [-0.15, -0.1) is 0 Å². The predicted octanol–water partition coefficient (Wildman–Crippen LogP) is 2.26. The number of hydrazine groups is 1. The van der Waals surface area contributed by atoms with Crippen molar-refractivity contribution in [2.75, 3.05) is 0 Å². The Morgan fingerprint density at radius 1 is 0.958 bits per heavy atom. The molecule has 1 aromatic heterocycles. The van der Waals surface area contributed by atoms with E-state index in [1.54, 1.807) is 0 Å². The van der Waals surface area contributed by atoms with Crippen molar-refractivity contribution in [3.8, 4) is 0 Å². The van der Waals surface area contributed by atoms with Crippen LogP contribution >= 0.6 is 15.9 Å². The summed E-state index contributed by atoms with van der Waals surface area (Å²) in [4.78, 5) is 31.1. The fraction of sp³-hybridized carbons (Fsp3) is 0.118. The van der Waals surface area contributed by atoms with Gasteiger partial charge in [-0.2, -0.15) is 0 Å². The number of imidazole rings is 1.